The minimum atomic E-state index is -0.789. The zero-order chi connectivity index (χ0) is 13.5. The van der Waals surface area contributed by atoms with Gasteiger partial charge in [-0.2, -0.15) is 0 Å². The van der Waals surface area contributed by atoms with Crippen molar-refractivity contribution < 1.29 is 19.0 Å². The molecule has 100 valence electrons. The Morgan fingerprint density at radius 1 is 1.61 bits per heavy atom. The number of urea groups is 1. The van der Waals surface area contributed by atoms with Gasteiger partial charge in [-0.15, -0.1) is 0 Å². The first-order valence-corrected chi connectivity index (χ1v) is 5.57. The number of hydrogen-bond acceptors (Lipinski definition) is 3. The van der Waals surface area contributed by atoms with Crippen molar-refractivity contribution in [2.45, 2.75) is 6.10 Å². The van der Waals surface area contributed by atoms with Crippen LogP contribution in [0.15, 0.2) is 18.2 Å². The van der Waals surface area contributed by atoms with Crippen LogP contribution in [0.2, 0.25) is 5.02 Å². The average molecular weight is 277 g/mol. The number of aliphatic hydroxyl groups is 1. The second kappa shape index (κ2) is 7.15. The lowest BCUT2D eigenvalue weighted by atomic mass is 10.3. The van der Waals surface area contributed by atoms with Crippen molar-refractivity contribution in [3.63, 3.8) is 0 Å². The Kier molecular flexibility index (Phi) is 5.84. The lowest BCUT2D eigenvalue weighted by molar-refractivity contribution is 0.0663. The normalized spacial score (nSPS) is 12.0. The van der Waals surface area contributed by atoms with Crippen LogP contribution in [0.5, 0.6) is 0 Å². The number of rotatable bonds is 5. The van der Waals surface area contributed by atoms with Crippen molar-refractivity contribution in [3.05, 3.63) is 29.0 Å². The van der Waals surface area contributed by atoms with Crippen molar-refractivity contribution >= 4 is 23.3 Å². The fourth-order valence-corrected chi connectivity index (χ4v) is 1.33. The van der Waals surface area contributed by atoms with Crippen LogP contribution in [-0.2, 0) is 4.74 Å². The van der Waals surface area contributed by atoms with Crippen LogP contribution in [-0.4, -0.2) is 37.5 Å². The quantitative estimate of drug-likeness (QED) is 0.765. The molecule has 1 aromatic carbocycles. The molecule has 0 aliphatic heterocycles. The molecule has 2 amide bonds. The molecule has 0 fully saturated rings. The van der Waals surface area contributed by atoms with Gasteiger partial charge in [-0.1, -0.05) is 11.6 Å². The topological polar surface area (TPSA) is 70.6 Å². The number of aliphatic hydroxyl groups excluding tert-OH is 1. The second-order valence-corrected chi connectivity index (χ2v) is 3.98. The van der Waals surface area contributed by atoms with Gasteiger partial charge in [0, 0.05) is 19.3 Å². The highest BCUT2D eigenvalue weighted by Gasteiger charge is 2.07. The number of benzene rings is 1. The van der Waals surface area contributed by atoms with Crippen molar-refractivity contribution in [2.24, 2.45) is 0 Å². The molecule has 7 heteroatoms. The van der Waals surface area contributed by atoms with E-state index in [2.05, 4.69) is 10.6 Å². The van der Waals surface area contributed by atoms with E-state index in [0.717, 1.165) is 6.07 Å². The summed E-state index contributed by atoms with van der Waals surface area (Å²) in [5.41, 5.74) is 0.274. The number of anilines is 1. The maximum atomic E-state index is 13.1. The first kappa shape index (κ1) is 14.7. The van der Waals surface area contributed by atoms with Crippen LogP contribution in [0.25, 0.3) is 0 Å². The van der Waals surface area contributed by atoms with Gasteiger partial charge in [0.1, 0.15) is 5.82 Å². The van der Waals surface area contributed by atoms with Crippen LogP contribution in [0.4, 0.5) is 14.9 Å². The fourth-order valence-electron chi connectivity index (χ4n) is 1.21. The molecule has 0 saturated carbocycles. The highest BCUT2D eigenvalue weighted by molar-refractivity contribution is 6.30. The number of hydrogen-bond donors (Lipinski definition) is 3. The van der Waals surface area contributed by atoms with Gasteiger partial charge in [0.25, 0.3) is 0 Å². The van der Waals surface area contributed by atoms with E-state index < -0.39 is 18.0 Å². The van der Waals surface area contributed by atoms with E-state index in [1.165, 1.54) is 19.2 Å². The number of nitrogens with one attached hydrogen (secondary N) is 2. The summed E-state index contributed by atoms with van der Waals surface area (Å²) < 4.78 is 17.8. The van der Waals surface area contributed by atoms with E-state index in [1.54, 1.807) is 0 Å². The largest absolute Gasteiger partial charge is 0.389 e. The number of amides is 2. The number of carbonyl (C=O) groups excluding carboxylic acids is 1. The van der Waals surface area contributed by atoms with Gasteiger partial charge >= 0.3 is 6.03 Å². The van der Waals surface area contributed by atoms with Crippen molar-refractivity contribution in [1.82, 2.24) is 5.32 Å². The predicted molar refractivity (Wildman–Crippen MR) is 66.3 cm³/mol. The van der Waals surface area contributed by atoms with Crippen LogP contribution >= 0.6 is 11.6 Å². The Morgan fingerprint density at radius 2 is 2.33 bits per heavy atom. The molecule has 0 bridgehead atoms. The first-order chi connectivity index (χ1) is 8.52. The summed E-state index contributed by atoms with van der Waals surface area (Å²) in [6.07, 6.45) is -0.789. The Morgan fingerprint density at radius 3 is 2.94 bits per heavy atom. The number of methoxy groups -OCH3 is 1. The zero-order valence-electron chi connectivity index (χ0n) is 9.74. The molecule has 3 N–H and O–H groups in total. The monoisotopic (exact) mass is 276 g/mol. The van der Waals surface area contributed by atoms with Gasteiger partial charge in [0.2, 0.25) is 0 Å². The standard InChI is InChI=1S/C11H14ClFN2O3/c1-18-6-8(16)5-14-11(17)15-7-2-3-9(12)10(13)4-7/h2-4,8,16H,5-6H2,1H3,(H2,14,15,17). The summed E-state index contributed by atoms with van der Waals surface area (Å²) in [6.45, 7) is 0.158. The minimum absolute atomic E-state index is 0.0172. The SMILES string of the molecule is COCC(O)CNC(=O)Nc1ccc(Cl)c(F)c1. The fraction of sp³-hybridized carbons (Fsp3) is 0.364. The van der Waals surface area contributed by atoms with Crippen molar-refractivity contribution in [1.29, 1.82) is 0 Å². The summed E-state index contributed by atoms with van der Waals surface area (Å²) in [5, 5.41) is 14.1. The average Bonchev–Trinajstić information content (AvgIpc) is 2.32. The smallest absolute Gasteiger partial charge is 0.319 e. The summed E-state index contributed by atoms with van der Waals surface area (Å²) in [4.78, 5) is 11.4. The minimum Gasteiger partial charge on any atom is -0.389 e. The van der Waals surface area contributed by atoms with E-state index >= 15 is 0 Å². The van der Waals surface area contributed by atoms with Gasteiger partial charge in [0.15, 0.2) is 0 Å². The highest BCUT2D eigenvalue weighted by atomic mass is 35.5. The third kappa shape index (κ3) is 4.87. The lowest BCUT2D eigenvalue weighted by Crippen LogP contribution is -2.37. The maximum Gasteiger partial charge on any atom is 0.319 e. The molecule has 1 rings (SSSR count). The van der Waals surface area contributed by atoms with Crippen LogP contribution < -0.4 is 10.6 Å². The van der Waals surface area contributed by atoms with Gasteiger partial charge in [0.05, 0.1) is 17.7 Å². The molecule has 5 nitrogen and oxygen atoms in total. The Labute approximate surface area is 109 Å². The molecule has 1 aromatic rings. The molecule has 0 aliphatic rings. The highest BCUT2D eigenvalue weighted by Crippen LogP contribution is 2.18. The summed E-state index contributed by atoms with van der Waals surface area (Å²) in [6, 6.07) is 3.36. The van der Waals surface area contributed by atoms with E-state index in [4.69, 9.17) is 16.3 Å². The number of halogens is 2. The molecule has 0 aliphatic carbocycles. The molecular weight excluding hydrogens is 263 g/mol. The summed E-state index contributed by atoms with van der Waals surface area (Å²) >= 11 is 5.50. The molecule has 1 atom stereocenters. The maximum absolute atomic E-state index is 13.1. The van der Waals surface area contributed by atoms with Crippen molar-refractivity contribution in [3.8, 4) is 0 Å². The molecule has 0 aromatic heterocycles. The van der Waals surface area contributed by atoms with Crippen LogP contribution in [0, 0.1) is 5.82 Å². The molecule has 0 heterocycles. The van der Waals surface area contributed by atoms with E-state index in [1.807, 2.05) is 0 Å². The first-order valence-electron chi connectivity index (χ1n) is 5.20. The Bertz CT molecular complexity index is 417. The third-order valence-corrected chi connectivity index (χ3v) is 2.34. The summed E-state index contributed by atoms with van der Waals surface area (Å²) in [7, 11) is 1.44. The van der Waals surface area contributed by atoms with E-state index in [9.17, 15) is 14.3 Å². The predicted octanol–water partition coefficient (Wildman–Crippen LogP) is 1.61. The lowest BCUT2D eigenvalue weighted by Gasteiger charge is -2.11. The van der Waals surface area contributed by atoms with Gasteiger partial charge in [-0.05, 0) is 18.2 Å². The Balaban J connectivity index is 2.42. The third-order valence-electron chi connectivity index (χ3n) is 2.03. The zero-order valence-corrected chi connectivity index (χ0v) is 10.5. The summed E-state index contributed by atoms with van der Waals surface area (Å²) in [5.74, 6) is -0.617. The number of carbonyl (C=O) groups is 1. The molecule has 0 spiro atoms. The van der Waals surface area contributed by atoms with Crippen LogP contribution in [0.3, 0.4) is 0 Å². The van der Waals surface area contributed by atoms with Crippen LogP contribution in [0.1, 0.15) is 0 Å². The van der Waals surface area contributed by atoms with Gasteiger partial charge in [-0.25, -0.2) is 9.18 Å². The Hall–Kier alpha value is -1.37. The molecule has 18 heavy (non-hydrogen) atoms. The molecule has 1 unspecified atom stereocenters. The molecule has 0 saturated heterocycles. The van der Waals surface area contributed by atoms with E-state index in [-0.39, 0.29) is 23.9 Å². The van der Waals surface area contributed by atoms with Gasteiger partial charge < -0.3 is 20.5 Å². The molecular formula is C11H14ClFN2O3. The van der Waals surface area contributed by atoms with Gasteiger partial charge in [-0.3, -0.25) is 0 Å². The molecule has 0 radical (unpaired) electrons. The second-order valence-electron chi connectivity index (χ2n) is 3.57. The number of ether oxygens (including phenoxy) is 1. The van der Waals surface area contributed by atoms with E-state index in [0.29, 0.717) is 0 Å². The van der Waals surface area contributed by atoms with Crippen molar-refractivity contribution in [2.75, 3.05) is 25.6 Å².